The van der Waals surface area contributed by atoms with Gasteiger partial charge in [-0.1, -0.05) is 0 Å². The topological polar surface area (TPSA) is 47.6 Å². The Labute approximate surface area is 120 Å². The molecule has 0 aromatic heterocycles. The summed E-state index contributed by atoms with van der Waals surface area (Å²) >= 11 is 0. The third kappa shape index (κ3) is 3.97. The Morgan fingerprint density at radius 3 is 2.95 bits per heavy atom. The lowest BCUT2D eigenvalue weighted by Crippen LogP contribution is -2.29. The van der Waals surface area contributed by atoms with Crippen molar-refractivity contribution in [3.05, 3.63) is 29.3 Å². The first-order valence-corrected chi connectivity index (χ1v) is 7.25. The minimum atomic E-state index is -0.0356. The molecule has 0 radical (unpaired) electrons. The molecule has 2 rings (SSSR count). The summed E-state index contributed by atoms with van der Waals surface area (Å²) in [4.78, 5) is 12.0. The van der Waals surface area contributed by atoms with Gasteiger partial charge in [0.1, 0.15) is 5.75 Å². The molecule has 1 N–H and O–H groups in total. The second kappa shape index (κ2) is 7.29. The van der Waals surface area contributed by atoms with Crippen molar-refractivity contribution in [1.29, 1.82) is 0 Å². The van der Waals surface area contributed by atoms with E-state index in [4.69, 9.17) is 9.47 Å². The predicted octanol–water partition coefficient (Wildman–Crippen LogP) is 2.69. The first kappa shape index (κ1) is 14.9. The lowest BCUT2D eigenvalue weighted by atomic mass is 10.1. The van der Waals surface area contributed by atoms with Crippen molar-refractivity contribution < 1.29 is 14.3 Å². The van der Waals surface area contributed by atoms with Crippen molar-refractivity contribution in [1.82, 2.24) is 5.32 Å². The number of hydrogen-bond donors (Lipinski definition) is 1. The number of amides is 1. The van der Waals surface area contributed by atoms with Gasteiger partial charge in [-0.05, 0) is 56.4 Å². The number of benzene rings is 1. The van der Waals surface area contributed by atoms with Gasteiger partial charge in [0.05, 0.1) is 13.2 Å². The molecule has 1 heterocycles. The van der Waals surface area contributed by atoms with E-state index in [-0.39, 0.29) is 5.91 Å². The molecule has 4 heteroatoms. The zero-order chi connectivity index (χ0) is 14.4. The maximum Gasteiger partial charge on any atom is 0.251 e. The van der Waals surface area contributed by atoms with E-state index in [0.717, 1.165) is 37.2 Å². The molecule has 1 aliphatic heterocycles. The second-order valence-corrected chi connectivity index (χ2v) is 5.22. The fourth-order valence-electron chi connectivity index (χ4n) is 2.50. The van der Waals surface area contributed by atoms with Crippen LogP contribution in [0.3, 0.4) is 0 Å². The average molecular weight is 277 g/mol. The van der Waals surface area contributed by atoms with Gasteiger partial charge in [0, 0.05) is 18.7 Å². The fourth-order valence-corrected chi connectivity index (χ4v) is 2.50. The summed E-state index contributed by atoms with van der Waals surface area (Å²) in [5.74, 6) is 0.767. The van der Waals surface area contributed by atoms with E-state index < -0.39 is 0 Å². The Balaban J connectivity index is 1.80. The lowest BCUT2D eigenvalue weighted by Gasteiger charge is -2.22. The van der Waals surface area contributed by atoms with Gasteiger partial charge in [-0.2, -0.15) is 0 Å². The third-order valence-corrected chi connectivity index (χ3v) is 3.68. The Kier molecular flexibility index (Phi) is 5.41. The van der Waals surface area contributed by atoms with Gasteiger partial charge in [-0.25, -0.2) is 0 Å². The summed E-state index contributed by atoms with van der Waals surface area (Å²) < 4.78 is 10.8. The molecule has 0 saturated carbocycles. The maximum absolute atomic E-state index is 12.0. The highest BCUT2D eigenvalue weighted by Gasteiger charge is 2.14. The van der Waals surface area contributed by atoms with Gasteiger partial charge in [0.25, 0.3) is 5.91 Å². The normalized spacial score (nSPS) is 18.6. The smallest absolute Gasteiger partial charge is 0.251 e. The summed E-state index contributed by atoms with van der Waals surface area (Å²) in [6.07, 6.45) is 4.70. The van der Waals surface area contributed by atoms with Crippen LogP contribution in [0.5, 0.6) is 5.75 Å². The van der Waals surface area contributed by atoms with Crippen LogP contribution in [0.15, 0.2) is 18.2 Å². The first-order valence-electron chi connectivity index (χ1n) is 7.25. The third-order valence-electron chi connectivity index (χ3n) is 3.68. The number of aryl methyl sites for hydroxylation is 1. The van der Waals surface area contributed by atoms with Crippen LogP contribution in [0.2, 0.25) is 0 Å². The van der Waals surface area contributed by atoms with E-state index in [1.54, 1.807) is 13.2 Å². The van der Waals surface area contributed by atoms with Gasteiger partial charge in [-0.15, -0.1) is 0 Å². The van der Waals surface area contributed by atoms with Crippen molar-refractivity contribution in [3.63, 3.8) is 0 Å². The fraction of sp³-hybridized carbons (Fsp3) is 0.562. The number of carbonyl (C=O) groups is 1. The molecule has 0 spiro atoms. The summed E-state index contributed by atoms with van der Waals surface area (Å²) in [6.45, 7) is 3.45. The van der Waals surface area contributed by atoms with Crippen molar-refractivity contribution >= 4 is 5.91 Å². The molecule has 1 saturated heterocycles. The molecule has 1 amide bonds. The summed E-state index contributed by atoms with van der Waals surface area (Å²) in [6, 6.07) is 5.47. The molecule has 1 unspecified atom stereocenters. The van der Waals surface area contributed by atoms with Crippen molar-refractivity contribution in [2.24, 2.45) is 0 Å². The molecule has 20 heavy (non-hydrogen) atoms. The number of ether oxygens (including phenoxy) is 2. The number of nitrogens with one attached hydrogen (secondary N) is 1. The minimum Gasteiger partial charge on any atom is -0.496 e. The molecule has 1 aromatic rings. The van der Waals surface area contributed by atoms with Crippen LogP contribution < -0.4 is 10.1 Å². The van der Waals surface area contributed by atoms with E-state index in [9.17, 15) is 4.79 Å². The van der Waals surface area contributed by atoms with Crippen LogP contribution in [-0.2, 0) is 4.74 Å². The highest BCUT2D eigenvalue weighted by Crippen LogP contribution is 2.18. The van der Waals surface area contributed by atoms with Crippen molar-refractivity contribution in [2.45, 2.75) is 38.7 Å². The largest absolute Gasteiger partial charge is 0.496 e. The quantitative estimate of drug-likeness (QED) is 0.900. The SMILES string of the molecule is COc1ccc(C(=O)NCCC2CCCCO2)cc1C. The Morgan fingerprint density at radius 2 is 2.30 bits per heavy atom. The lowest BCUT2D eigenvalue weighted by molar-refractivity contribution is 0.0117. The molecule has 1 atom stereocenters. The van der Waals surface area contributed by atoms with Crippen molar-refractivity contribution in [2.75, 3.05) is 20.3 Å². The summed E-state index contributed by atoms with van der Waals surface area (Å²) in [5, 5.41) is 2.95. The molecule has 1 fully saturated rings. The van der Waals surface area contributed by atoms with Crippen LogP contribution in [0.1, 0.15) is 41.6 Å². The van der Waals surface area contributed by atoms with Crippen LogP contribution in [0.4, 0.5) is 0 Å². The highest BCUT2D eigenvalue weighted by atomic mass is 16.5. The standard InChI is InChI=1S/C16H23NO3/c1-12-11-13(6-7-15(12)19-2)16(18)17-9-8-14-5-3-4-10-20-14/h6-7,11,14H,3-5,8-10H2,1-2H3,(H,17,18). The van der Waals surface area contributed by atoms with Gasteiger partial charge in [-0.3, -0.25) is 4.79 Å². The van der Waals surface area contributed by atoms with Crippen LogP contribution >= 0.6 is 0 Å². The molecule has 4 nitrogen and oxygen atoms in total. The van der Waals surface area contributed by atoms with Crippen LogP contribution in [0, 0.1) is 6.92 Å². The Bertz CT molecular complexity index is 453. The average Bonchev–Trinajstić information content (AvgIpc) is 2.48. The molecule has 110 valence electrons. The van der Waals surface area contributed by atoms with Gasteiger partial charge < -0.3 is 14.8 Å². The van der Waals surface area contributed by atoms with E-state index >= 15 is 0 Å². The van der Waals surface area contributed by atoms with E-state index in [1.807, 2.05) is 19.1 Å². The summed E-state index contributed by atoms with van der Waals surface area (Å²) in [5.41, 5.74) is 1.64. The molecular formula is C16H23NO3. The number of rotatable bonds is 5. The van der Waals surface area contributed by atoms with Crippen LogP contribution in [0.25, 0.3) is 0 Å². The minimum absolute atomic E-state index is 0.0356. The zero-order valence-electron chi connectivity index (χ0n) is 12.3. The van der Waals surface area contributed by atoms with Gasteiger partial charge in [0.15, 0.2) is 0 Å². The first-order chi connectivity index (χ1) is 9.70. The van der Waals surface area contributed by atoms with E-state index in [0.29, 0.717) is 18.2 Å². The number of methoxy groups -OCH3 is 1. The molecule has 0 bridgehead atoms. The second-order valence-electron chi connectivity index (χ2n) is 5.22. The Hall–Kier alpha value is -1.55. The molecule has 1 aromatic carbocycles. The van der Waals surface area contributed by atoms with E-state index in [1.165, 1.54) is 6.42 Å². The Morgan fingerprint density at radius 1 is 1.45 bits per heavy atom. The predicted molar refractivity (Wildman–Crippen MR) is 78.3 cm³/mol. The summed E-state index contributed by atoms with van der Waals surface area (Å²) in [7, 11) is 1.63. The van der Waals surface area contributed by atoms with Gasteiger partial charge >= 0.3 is 0 Å². The highest BCUT2D eigenvalue weighted by molar-refractivity contribution is 5.94. The number of hydrogen-bond acceptors (Lipinski definition) is 3. The maximum atomic E-state index is 12.0. The molecule has 1 aliphatic rings. The van der Waals surface area contributed by atoms with Crippen LogP contribution in [-0.4, -0.2) is 32.3 Å². The molecular weight excluding hydrogens is 254 g/mol. The van der Waals surface area contributed by atoms with Gasteiger partial charge in [0.2, 0.25) is 0 Å². The monoisotopic (exact) mass is 277 g/mol. The van der Waals surface area contributed by atoms with E-state index in [2.05, 4.69) is 5.32 Å². The zero-order valence-corrected chi connectivity index (χ0v) is 12.3. The van der Waals surface area contributed by atoms with Crippen molar-refractivity contribution in [3.8, 4) is 5.75 Å². The number of carbonyl (C=O) groups excluding carboxylic acids is 1. The molecule has 0 aliphatic carbocycles.